The van der Waals surface area contributed by atoms with E-state index in [0.717, 1.165) is 6.42 Å². The first-order valence-corrected chi connectivity index (χ1v) is 6.97. The van der Waals surface area contributed by atoms with Gasteiger partial charge < -0.3 is 9.47 Å². The summed E-state index contributed by atoms with van der Waals surface area (Å²) in [7, 11) is 0. The van der Waals surface area contributed by atoms with Gasteiger partial charge in [0.1, 0.15) is 5.82 Å². The second-order valence-electron chi connectivity index (χ2n) is 5.23. The summed E-state index contributed by atoms with van der Waals surface area (Å²) < 4.78 is 23.0. The van der Waals surface area contributed by atoms with Gasteiger partial charge in [0.15, 0.2) is 18.5 Å². The van der Waals surface area contributed by atoms with Crippen LogP contribution in [0.2, 0.25) is 0 Å². The van der Waals surface area contributed by atoms with Crippen LogP contribution in [0.25, 0.3) is 0 Å². The Kier molecular flexibility index (Phi) is 7.02. The molecule has 0 aliphatic carbocycles. The van der Waals surface area contributed by atoms with Gasteiger partial charge in [-0.05, 0) is 43.5 Å². The van der Waals surface area contributed by atoms with Gasteiger partial charge in [-0.3, -0.25) is 4.79 Å². The second-order valence-corrected chi connectivity index (χ2v) is 5.23. The van der Waals surface area contributed by atoms with Gasteiger partial charge in [0.25, 0.3) is 0 Å². The standard InChI is InChI=1S/C16H21FO4/c1-11(2)8-9-20-12(3)16(19)21-10-15(18)13-4-6-14(17)7-5-13/h4-7,11-12H,8-10H2,1-3H3. The number of ketones is 1. The van der Waals surface area contributed by atoms with Gasteiger partial charge in [0.05, 0.1) is 0 Å². The van der Waals surface area contributed by atoms with Crippen molar-refractivity contribution in [2.45, 2.75) is 33.3 Å². The first-order valence-electron chi connectivity index (χ1n) is 6.97. The summed E-state index contributed by atoms with van der Waals surface area (Å²) in [6.45, 7) is 5.81. The van der Waals surface area contributed by atoms with Crippen LogP contribution in [-0.4, -0.2) is 31.1 Å². The molecule has 116 valence electrons. The zero-order chi connectivity index (χ0) is 15.8. The number of rotatable bonds is 8. The number of esters is 1. The number of ether oxygens (including phenoxy) is 2. The fraction of sp³-hybridized carbons (Fsp3) is 0.500. The molecule has 1 atom stereocenters. The van der Waals surface area contributed by atoms with Gasteiger partial charge in [0.2, 0.25) is 0 Å². The van der Waals surface area contributed by atoms with Crippen molar-refractivity contribution in [1.82, 2.24) is 0 Å². The van der Waals surface area contributed by atoms with E-state index in [2.05, 4.69) is 13.8 Å². The molecule has 0 N–H and O–H groups in total. The van der Waals surface area contributed by atoms with Crippen LogP contribution in [0.3, 0.4) is 0 Å². The molecule has 0 spiro atoms. The third-order valence-electron chi connectivity index (χ3n) is 2.91. The lowest BCUT2D eigenvalue weighted by Crippen LogP contribution is -2.26. The monoisotopic (exact) mass is 296 g/mol. The minimum atomic E-state index is -0.704. The van der Waals surface area contributed by atoms with E-state index in [4.69, 9.17) is 9.47 Å². The number of Topliss-reactive ketones (excluding diaryl/α,β-unsaturated/α-hetero) is 1. The predicted octanol–water partition coefficient (Wildman–Crippen LogP) is 3.00. The zero-order valence-electron chi connectivity index (χ0n) is 12.6. The molecule has 0 saturated heterocycles. The first kappa shape index (κ1) is 17.3. The molecule has 1 aromatic rings. The Morgan fingerprint density at radius 1 is 1.14 bits per heavy atom. The normalized spacial score (nSPS) is 12.2. The lowest BCUT2D eigenvalue weighted by molar-refractivity contribution is -0.155. The van der Waals surface area contributed by atoms with Gasteiger partial charge in [-0.15, -0.1) is 0 Å². The van der Waals surface area contributed by atoms with Crippen molar-refractivity contribution in [2.24, 2.45) is 5.92 Å². The fourth-order valence-electron chi connectivity index (χ4n) is 1.52. The van der Waals surface area contributed by atoms with E-state index in [1.165, 1.54) is 24.3 Å². The van der Waals surface area contributed by atoms with Crippen LogP contribution in [-0.2, 0) is 14.3 Å². The molecule has 21 heavy (non-hydrogen) atoms. The Balaban J connectivity index is 2.34. The number of hydrogen-bond donors (Lipinski definition) is 0. The van der Waals surface area contributed by atoms with E-state index >= 15 is 0 Å². The van der Waals surface area contributed by atoms with Crippen LogP contribution in [0, 0.1) is 11.7 Å². The molecule has 0 aromatic heterocycles. The van der Waals surface area contributed by atoms with Crippen LogP contribution >= 0.6 is 0 Å². The second kappa shape index (κ2) is 8.52. The van der Waals surface area contributed by atoms with Crippen molar-refractivity contribution in [3.05, 3.63) is 35.6 Å². The Morgan fingerprint density at radius 2 is 1.76 bits per heavy atom. The molecule has 1 unspecified atom stereocenters. The highest BCUT2D eigenvalue weighted by Crippen LogP contribution is 2.06. The molecule has 1 rings (SSSR count). The topological polar surface area (TPSA) is 52.6 Å². The molecule has 0 aliphatic rings. The maximum atomic E-state index is 12.7. The molecule has 5 heteroatoms. The van der Waals surface area contributed by atoms with Gasteiger partial charge in [-0.2, -0.15) is 0 Å². The van der Waals surface area contributed by atoms with Crippen LogP contribution in [0.5, 0.6) is 0 Å². The molecular weight excluding hydrogens is 275 g/mol. The van der Waals surface area contributed by atoms with Crippen molar-refractivity contribution in [3.8, 4) is 0 Å². The summed E-state index contributed by atoms with van der Waals surface area (Å²) in [5.41, 5.74) is 0.303. The molecular formula is C16H21FO4. The van der Waals surface area contributed by atoms with Crippen molar-refractivity contribution >= 4 is 11.8 Å². The molecule has 0 radical (unpaired) electrons. The average molecular weight is 296 g/mol. The van der Waals surface area contributed by atoms with Gasteiger partial charge in [-0.25, -0.2) is 9.18 Å². The van der Waals surface area contributed by atoms with Crippen LogP contribution in [0.4, 0.5) is 4.39 Å². The molecule has 0 fully saturated rings. The molecule has 0 aliphatic heterocycles. The van der Waals surface area contributed by atoms with Crippen molar-refractivity contribution < 1.29 is 23.5 Å². The van der Waals surface area contributed by atoms with E-state index in [-0.39, 0.29) is 12.4 Å². The molecule has 0 bridgehead atoms. The highest BCUT2D eigenvalue weighted by Gasteiger charge is 2.17. The van der Waals surface area contributed by atoms with Crippen LogP contribution < -0.4 is 0 Å². The minimum absolute atomic E-state index is 0.303. The van der Waals surface area contributed by atoms with E-state index in [9.17, 15) is 14.0 Å². The lowest BCUT2D eigenvalue weighted by atomic mass is 10.1. The minimum Gasteiger partial charge on any atom is -0.455 e. The highest BCUT2D eigenvalue weighted by molar-refractivity contribution is 5.98. The fourth-order valence-corrected chi connectivity index (χ4v) is 1.52. The van der Waals surface area contributed by atoms with Gasteiger partial charge in [0, 0.05) is 12.2 Å². The predicted molar refractivity (Wildman–Crippen MR) is 76.6 cm³/mol. The Bertz CT molecular complexity index is 468. The van der Waals surface area contributed by atoms with E-state index in [0.29, 0.717) is 18.1 Å². The average Bonchev–Trinajstić information content (AvgIpc) is 2.44. The maximum absolute atomic E-state index is 12.7. The quantitative estimate of drug-likeness (QED) is 0.546. The Hall–Kier alpha value is -1.75. The molecule has 0 amide bonds. The number of halogens is 1. The maximum Gasteiger partial charge on any atom is 0.335 e. The van der Waals surface area contributed by atoms with Crippen LogP contribution in [0.1, 0.15) is 37.6 Å². The SMILES string of the molecule is CC(C)CCOC(C)C(=O)OCC(=O)c1ccc(F)cc1. The summed E-state index contributed by atoms with van der Waals surface area (Å²) >= 11 is 0. The van der Waals surface area contributed by atoms with Crippen molar-refractivity contribution in [3.63, 3.8) is 0 Å². The van der Waals surface area contributed by atoms with Crippen LogP contribution in [0.15, 0.2) is 24.3 Å². The number of benzene rings is 1. The first-order chi connectivity index (χ1) is 9.90. The number of hydrogen-bond acceptors (Lipinski definition) is 4. The van der Waals surface area contributed by atoms with Crippen molar-refractivity contribution in [2.75, 3.05) is 13.2 Å². The third kappa shape index (κ3) is 6.49. The molecule has 1 aromatic carbocycles. The van der Waals surface area contributed by atoms with Crippen molar-refractivity contribution in [1.29, 1.82) is 0 Å². The van der Waals surface area contributed by atoms with Gasteiger partial charge in [-0.1, -0.05) is 13.8 Å². The third-order valence-corrected chi connectivity index (χ3v) is 2.91. The highest BCUT2D eigenvalue weighted by atomic mass is 19.1. The number of carbonyl (C=O) groups is 2. The van der Waals surface area contributed by atoms with Gasteiger partial charge >= 0.3 is 5.97 Å². The molecule has 0 heterocycles. The largest absolute Gasteiger partial charge is 0.455 e. The van der Waals surface area contributed by atoms with E-state index < -0.39 is 17.9 Å². The number of carbonyl (C=O) groups excluding carboxylic acids is 2. The van der Waals surface area contributed by atoms with E-state index in [1.54, 1.807) is 6.92 Å². The summed E-state index contributed by atoms with van der Waals surface area (Å²) in [6.07, 6.45) is 0.149. The zero-order valence-corrected chi connectivity index (χ0v) is 12.6. The summed E-state index contributed by atoms with van der Waals surface area (Å²) in [5, 5.41) is 0. The Morgan fingerprint density at radius 3 is 2.33 bits per heavy atom. The Labute approximate surface area is 124 Å². The summed E-state index contributed by atoms with van der Waals surface area (Å²) in [4.78, 5) is 23.4. The lowest BCUT2D eigenvalue weighted by Gasteiger charge is -2.13. The summed E-state index contributed by atoms with van der Waals surface area (Å²) in [6, 6.07) is 5.08. The molecule has 0 saturated carbocycles. The molecule has 4 nitrogen and oxygen atoms in total. The van der Waals surface area contributed by atoms with E-state index in [1.807, 2.05) is 0 Å². The summed E-state index contributed by atoms with van der Waals surface area (Å²) in [5.74, 6) is -0.879. The smallest absolute Gasteiger partial charge is 0.335 e.